The first-order valence-electron chi connectivity index (χ1n) is 7.92. The average Bonchev–Trinajstić information content (AvgIpc) is 2.66. The van der Waals surface area contributed by atoms with Crippen LogP contribution in [0.5, 0.6) is 5.75 Å². The largest absolute Gasteiger partial charge is 0.496 e. The fraction of sp³-hybridized carbons (Fsp3) is 0.200. The molecule has 0 atom stereocenters. The van der Waals surface area contributed by atoms with E-state index in [1.165, 1.54) is 0 Å². The van der Waals surface area contributed by atoms with Gasteiger partial charge in [-0.3, -0.25) is 0 Å². The molecule has 1 amide bonds. The number of amides is 1. The van der Waals surface area contributed by atoms with Gasteiger partial charge in [0.05, 0.1) is 18.7 Å². The van der Waals surface area contributed by atoms with Crippen molar-refractivity contribution < 1.29 is 14.3 Å². The van der Waals surface area contributed by atoms with E-state index >= 15 is 0 Å². The van der Waals surface area contributed by atoms with Gasteiger partial charge in [0.2, 0.25) is 0 Å². The molecule has 1 N–H and O–H groups in total. The fourth-order valence-electron chi connectivity index (χ4n) is 2.18. The van der Waals surface area contributed by atoms with E-state index in [1.54, 1.807) is 25.3 Å². The van der Waals surface area contributed by atoms with E-state index < -0.39 is 6.09 Å². The van der Waals surface area contributed by atoms with Crippen molar-refractivity contribution in [2.75, 3.05) is 13.7 Å². The Bertz CT molecular complexity index is 764. The third-order valence-electron chi connectivity index (χ3n) is 3.45. The molecular weight excluding hydrogens is 316 g/mol. The highest BCUT2D eigenvalue weighted by atomic mass is 16.5. The molecule has 0 saturated heterocycles. The summed E-state index contributed by atoms with van der Waals surface area (Å²) in [6.07, 6.45) is 3.98. The zero-order valence-electron chi connectivity index (χ0n) is 14.1. The number of benzene rings is 2. The zero-order valence-corrected chi connectivity index (χ0v) is 14.1. The van der Waals surface area contributed by atoms with Gasteiger partial charge in [0.15, 0.2) is 0 Å². The van der Waals surface area contributed by atoms with Crippen LogP contribution in [0.25, 0.3) is 6.08 Å². The summed E-state index contributed by atoms with van der Waals surface area (Å²) >= 11 is 0. The molecule has 0 spiro atoms. The van der Waals surface area contributed by atoms with Crippen molar-refractivity contribution in [1.82, 2.24) is 5.32 Å². The lowest BCUT2D eigenvalue weighted by molar-refractivity contribution is 0.140. The summed E-state index contributed by atoms with van der Waals surface area (Å²) < 4.78 is 10.4. The van der Waals surface area contributed by atoms with Gasteiger partial charge >= 0.3 is 6.09 Å². The smallest absolute Gasteiger partial charge is 0.407 e. The maximum atomic E-state index is 11.6. The van der Waals surface area contributed by atoms with Gasteiger partial charge in [-0.15, -0.1) is 0 Å². The number of hydrogen-bond donors (Lipinski definition) is 1. The predicted molar refractivity (Wildman–Crippen MR) is 96.0 cm³/mol. The number of nitriles is 1. The second-order valence-electron chi connectivity index (χ2n) is 5.25. The second kappa shape index (κ2) is 9.78. The first-order chi connectivity index (χ1) is 12.2. The highest BCUT2D eigenvalue weighted by Gasteiger charge is 2.02. The number of alkyl carbamates (subject to hydrolysis) is 1. The van der Waals surface area contributed by atoms with Crippen molar-refractivity contribution in [3.05, 3.63) is 71.3 Å². The fourth-order valence-corrected chi connectivity index (χ4v) is 2.18. The van der Waals surface area contributed by atoms with Crippen LogP contribution in [0.3, 0.4) is 0 Å². The van der Waals surface area contributed by atoms with E-state index in [-0.39, 0.29) is 6.61 Å². The van der Waals surface area contributed by atoms with Gasteiger partial charge in [-0.2, -0.15) is 5.26 Å². The molecule has 0 aromatic heterocycles. The summed E-state index contributed by atoms with van der Waals surface area (Å²) in [5, 5.41) is 11.6. The van der Waals surface area contributed by atoms with Crippen LogP contribution >= 0.6 is 0 Å². The van der Waals surface area contributed by atoms with Crippen LogP contribution in [-0.4, -0.2) is 19.7 Å². The van der Waals surface area contributed by atoms with Crippen molar-refractivity contribution >= 4 is 12.2 Å². The second-order valence-corrected chi connectivity index (χ2v) is 5.25. The molecule has 25 heavy (non-hydrogen) atoms. The zero-order chi connectivity index (χ0) is 17.9. The van der Waals surface area contributed by atoms with E-state index in [9.17, 15) is 4.79 Å². The van der Waals surface area contributed by atoms with Crippen LogP contribution in [0, 0.1) is 11.3 Å². The van der Waals surface area contributed by atoms with Crippen molar-refractivity contribution in [2.24, 2.45) is 0 Å². The Hall–Kier alpha value is -3.26. The summed E-state index contributed by atoms with van der Waals surface area (Å²) in [5.74, 6) is 0.700. The number of rotatable bonds is 7. The standard InChI is InChI=1S/C20H20N2O3/c1-24-19-11-10-17(14-21)13-18(19)9-5-6-12-22-20(23)25-15-16-7-3-2-4-8-16/h2-5,7-11,13H,6,12,15H2,1H3,(H,22,23). The number of carbonyl (C=O) groups excluding carboxylic acids is 1. The first-order valence-corrected chi connectivity index (χ1v) is 7.92. The van der Waals surface area contributed by atoms with Crippen molar-refractivity contribution in [1.29, 1.82) is 5.26 Å². The molecule has 0 aliphatic heterocycles. The van der Waals surface area contributed by atoms with Crippen LogP contribution in [0.15, 0.2) is 54.6 Å². The van der Waals surface area contributed by atoms with E-state index in [2.05, 4.69) is 11.4 Å². The topological polar surface area (TPSA) is 71.3 Å². The number of hydrogen-bond acceptors (Lipinski definition) is 4. The third-order valence-corrected chi connectivity index (χ3v) is 3.45. The minimum Gasteiger partial charge on any atom is -0.496 e. The molecule has 0 radical (unpaired) electrons. The molecule has 0 unspecified atom stereocenters. The predicted octanol–water partition coefficient (Wildman–Crippen LogP) is 3.90. The lowest BCUT2D eigenvalue weighted by Gasteiger charge is -2.06. The SMILES string of the molecule is COc1ccc(C#N)cc1C=CCCNC(=O)OCc1ccccc1. The maximum absolute atomic E-state index is 11.6. The molecule has 0 aliphatic carbocycles. The minimum atomic E-state index is -0.443. The highest BCUT2D eigenvalue weighted by Crippen LogP contribution is 2.21. The summed E-state index contributed by atoms with van der Waals surface area (Å²) in [5.41, 5.74) is 2.35. The van der Waals surface area contributed by atoms with Crippen molar-refractivity contribution in [2.45, 2.75) is 13.0 Å². The molecule has 0 heterocycles. The molecular formula is C20H20N2O3. The average molecular weight is 336 g/mol. The Balaban J connectivity index is 1.74. The monoisotopic (exact) mass is 336 g/mol. The van der Waals surface area contributed by atoms with Gasteiger partial charge in [0, 0.05) is 12.1 Å². The van der Waals surface area contributed by atoms with Gasteiger partial charge in [-0.1, -0.05) is 42.5 Å². The normalized spacial score (nSPS) is 10.2. The molecule has 0 fully saturated rings. The van der Waals surface area contributed by atoms with E-state index in [0.29, 0.717) is 24.3 Å². The molecule has 0 saturated carbocycles. The van der Waals surface area contributed by atoms with Crippen molar-refractivity contribution in [3.63, 3.8) is 0 Å². The van der Waals surface area contributed by atoms with Crippen LogP contribution in [0.1, 0.15) is 23.1 Å². The minimum absolute atomic E-state index is 0.251. The first kappa shape index (κ1) is 18.1. The molecule has 2 aromatic rings. The Kier molecular flexibility index (Phi) is 7.08. The summed E-state index contributed by atoms with van der Waals surface area (Å²) in [6, 6.07) is 16.8. The van der Waals surface area contributed by atoms with E-state index in [0.717, 1.165) is 11.1 Å². The Labute approximate surface area is 147 Å². The Morgan fingerprint density at radius 3 is 2.76 bits per heavy atom. The lowest BCUT2D eigenvalue weighted by Crippen LogP contribution is -2.24. The molecule has 5 nitrogen and oxygen atoms in total. The number of methoxy groups -OCH3 is 1. The molecule has 5 heteroatoms. The number of carbonyl (C=O) groups is 1. The molecule has 2 rings (SSSR count). The molecule has 0 aliphatic rings. The van der Waals surface area contributed by atoms with Gasteiger partial charge < -0.3 is 14.8 Å². The maximum Gasteiger partial charge on any atom is 0.407 e. The van der Waals surface area contributed by atoms with Gasteiger partial charge in [-0.25, -0.2) is 4.79 Å². The van der Waals surface area contributed by atoms with Crippen LogP contribution < -0.4 is 10.1 Å². The van der Waals surface area contributed by atoms with Gasteiger partial charge in [-0.05, 0) is 30.2 Å². The highest BCUT2D eigenvalue weighted by molar-refractivity contribution is 5.67. The van der Waals surface area contributed by atoms with Crippen molar-refractivity contribution in [3.8, 4) is 11.8 Å². The third kappa shape index (κ3) is 6.04. The van der Waals surface area contributed by atoms with E-state index in [1.807, 2.05) is 42.5 Å². The Morgan fingerprint density at radius 1 is 1.24 bits per heavy atom. The number of nitrogens with zero attached hydrogens (tertiary/aromatic N) is 1. The summed E-state index contributed by atoms with van der Waals surface area (Å²) in [7, 11) is 1.59. The lowest BCUT2D eigenvalue weighted by atomic mass is 10.1. The molecule has 2 aromatic carbocycles. The quantitative estimate of drug-likeness (QED) is 0.779. The van der Waals surface area contributed by atoms with E-state index in [4.69, 9.17) is 14.7 Å². The van der Waals surface area contributed by atoms with Crippen LogP contribution in [0.2, 0.25) is 0 Å². The van der Waals surface area contributed by atoms with Gasteiger partial charge in [0.25, 0.3) is 0 Å². The summed E-state index contributed by atoms with van der Waals surface area (Å²) in [6.45, 7) is 0.713. The number of ether oxygens (including phenoxy) is 2. The molecule has 128 valence electrons. The number of nitrogens with one attached hydrogen (secondary N) is 1. The van der Waals surface area contributed by atoms with Gasteiger partial charge in [0.1, 0.15) is 12.4 Å². The Morgan fingerprint density at radius 2 is 2.04 bits per heavy atom. The molecule has 0 bridgehead atoms. The van der Waals surface area contributed by atoms with Crippen LogP contribution in [0.4, 0.5) is 4.79 Å². The summed E-state index contributed by atoms with van der Waals surface area (Å²) in [4.78, 5) is 11.6. The van der Waals surface area contributed by atoms with Crippen LogP contribution in [-0.2, 0) is 11.3 Å².